The highest BCUT2D eigenvalue weighted by atomic mass is 32.1. The van der Waals surface area contributed by atoms with Gasteiger partial charge >= 0.3 is 6.18 Å². The van der Waals surface area contributed by atoms with Crippen LogP contribution in [0, 0.1) is 11.2 Å². The summed E-state index contributed by atoms with van der Waals surface area (Å²) in [5.74, 6) is -1.35. The second kappa shape index (κ2) is 9.57. The normalized spacial score (nSPS) is 20.8. The van der Waals surface area contributed by atoms with Crippen molar-refractivity contribution >= 4 is 35.1 Å². The fourth-order valence-electron chi connectivity index (χ4n) is 4.32. The van der Waals surface area contributed by atoms with Gasteiger partial charge in [0.25, 0.3) is 5.91 Å². The zero-order valence-corrected chi connectivity index (χ0v) is 20.3. The second-order valence-corrected chi connectivity index (χ2v) is 8.97. The summed E-state index contributed by atoms with van der Waals surface area (Å²) in [5, 5.41) is 23.8. The average molecular weight is 514 g/mol. The third-order valence-electron chi connectivity index (χ3n) is 6.62. The molecule has 2 atom stereocenters. The molecule has 1 saturated heterocycles. The van der Waals surface area contributed by atoms with E-state index in [2.05, 4.69) is 17.2 Å². The van der Waals surface area contributed by atoms with Crippen molar-refractivity contribution in [2.45, 2.75) is 57.1 Å². The number of nitrogens with one attached hydrogen (secondary N) is 3. The summed E-state index contributed by atoms with van der Waals surface area (Å²) >= 11 is 5.63. The standard InChI is InChI=1S/C23H27F4N5O2S/c1-12(23(25,26)27)18(11-28)30-13(2)14(3)31-20(34)22(8-5-9-22)32(21(31)35)15-6-7-16(17(24)10-15)19(33)29-4/h6-7,10-11,13,20,28,30,34H,3,5,8-9H2,1-2,4H3,(H,29,33)/b18-12+,28-11?. The van der Waals surface area contributed by atoms with E-state index in [1.54, 1.807) is 11.8 Å². The molecule has 1 aliphatic heterocycles. The molecule has 1 amide bonds. The Bertz CT molecular complexity index is 1100. The van der Waals surface area contributed by atoms with Crippen molar-refractivity contribution in [3.63, 3.8) is 0 Å². The molecule has 1 aliphatic carbocycles. The maximum absolute atomic E-state index is 14.7. The molecular weight excluding hydrogens is 486 g/mol. The van der Waals surface area contributed by atoms with Gasteiger partial charge in [0.1, 0.15) is 5.82 Å². The van der Waals surface area contributed by atoms with Crippen molar-refractivity contribution in [2.75, 3.05) is 11.9 Å². The van der Waals surface area contributed by atoms with E-state index in [1.165, 1.54) is 30.1 Å². The Balaban J connectivity index is 1.94. The molecule has 0 aromatic heterocycles. The molecule has 7 nitrogen and oxygen atoms in total. The molecule has 1 spiro atoms. The van der Waals surface area contributed by atoms with Gasteiger partial charge in [0, 0.05) is 24.6 Å². The van der Waals surface area contributed by atoms with E-state index in [9.17, 15) is 27.5 Å². The minimum absolute atomic E-state index is 0.107. The van der Waals surface area contributed by atoms with Crippen LogP contribution in [0.2, 0.25) is 0 Å². The van der Waals surface area contributed by atoms with Gasteiger partial charge in [-0.25, -0.2) is 4.39 Å². The van der Waals surface area contributed by atoms with Crippen LogP contribution in [0.1, 0.15) is 43.5 Å². The van der Waals surface area contributed by atoms with Crippen LogP contribution in [0.4, 0.5) is 23.2 Å². The van der Waals surface area contributed by atoms with Crippen LogP contribution in [-0.4, -0.2) is 58.3 Å². The molecule has 3 rings (SSSR count). The Labute approximate surface area is 206 Å². The SMILES string of the molecule is C=C(C(C)N/C(C=N)=C(\C)C(F)(F)F)N1C(=S)N(c2ccc(C(=O)NC)c(F)c2)C2(CCC2)C1O. The summed E-state index contributed by atoms with van der Waals surface area (Å²) in [6.45, 7) is 6.35. The number of thiocarbonyl (C=S) groups is 1. The predicted octanol–water partition coefficient (Wildman–Crippen LogP) is 3.81. The van der Waals surface area contributed by atoms with Crippen LogP contribution in [-0.2, 0) is 0 Å². The van der Waals surface area contributed by atoms with E-state index in [0.29, 0.717) is 24.7 Å². The van der Waals surface area contributed by atoms with E-state index in [-0.39, 0.29) is 16.4 Å². The lowest BCUT2D eigenvalue weighted by Crippen LogP contribution is -2.57. The monoisotopic (exact) mass is 513 g/mol. The van der Waals surface area contributed by atoms with Gasteiger partial charge in [0.15, 0.2) is 11.3 Å². The number of amides is 1. The highest BCUT2D eigenvalue weighted by molar-refractivity contribution is 7.80. The Morgan fingerprint density at radius 3 is 2.49 bits per heavy atom. The van der Waals surface area contributed by atoms with Gasteiger partial charge in [0.05, 0.1) is 28.4 Å². The van der Waals surface area contributed by atoms with Crippen LogP contribution in [0.3, 0.4) is 0 Å². The Hall–Kier alpha value is -2.99. The van der Waals surface area contributed by atoms with Gasteiger partial charge in [-0.05, 0) is 63.5 Å². The summed E-state index contributed by atoms with van der Waals surface area (Å²) in [6, 6.07) is 3.19. The number of carbonyl (C=O) groups excluding carboxylic acids is 1. The summed E-state index contributed by atoms with van der Waals surface area (Å²) in [5.41, 5.74) is -1.90. The van der Waals surface area contributed by atoms with E-state index in [0.717, 1.165) is 13.3 Å². The molecule has 4 N–H and O–H groups in total. The number of aliphatic hydroxyl groups excluding tert-OH is 1. The number of alkyl halides is 3. The summed E-state index contributed by atoms with van der Waals surface area (Å²) in [4.78, 5) is 14.8. The number of hydrogen-bond donors (Lipinski definition) is 4. The number of nitrogens with zero attached hydrogens (tertiary/aromatic N) is 2. The molecule has 0 radical (unpaired) electrons. The van der Waals surface area contributed by atoms with Crippen molar-refractivity contribution in [3.05, 3.63) is 53.1 Å². The minimum atomic E-state index is -4.62. The summed E-state index contributed by atoms with van der Waals surface area (Å²) in [7, 11) is 1.39. The fourth-order valence-corrected chi connectivity index (χ4v) is 4.83. The fraction of sp³-hybridized carbons (Fsp3) is 0.435. The van der Waals surface area contributed by atoms with E-state index in [1.807, 2.05) is 0 Å². The third kappa shape index (κ3) is 4.52. The second-order valence-electron chi connectivity index (χ2n) is 8.60. The molecule has 1 saturated carbocycles. The van der Waals surface area contributed by atoms with Gasteiger partial charge in [-0.3, -0.25) is 9.69 Å². The molecule has 35 heavy (non-hydrogen) atoms. The van der Waals surface area contributed by atoms with E-state index in [4.69, 9.17) is 17.6 Å². The van der Waals surface area contributed by atoms with Crippen LogP contribution >= 0.6 is 12.2 Å². The number of allylic oxidation sites excluding steroid dienone is 2. The zero-order chi connectivity index (χ0) is 26.3. The van der Waals surface area contributed by atoms with Crippen molar-refractivity contribution in [1.82, 2.24) is 15.5 Å². The highest BCUT2D eigenvalue weighted by Gasteiger charge is 2.59. The van der Waals surface area contributed by atoms with E-state index >= 15 is 0 Å². The van der Waals surface area contributed by atoms with Crippen molar-refractivity contribution < 1.29 is 27.5 Å². The first-order chi connectivity index (χ1) is 16.3. The van der Waals surface area contributed by atoms with Gasteiger partial charge in [-0.15, -0.1) is 0 Å². The zero-order valence-electron chi connectivity index (χ0n) is 19.5. The smallest absolute Gasteiger partial charge is 0.376 e. The molecule has 1 aromatic carbocycles. The molecule has 2 aliphatic rings. The molecule has 12 heteroatoms. The van der Waals surface area contributed by atoms with E-state index < -0.39 is 47.0 Å². The Morgan fingerprint density at radius 2 is 2.03 bits per heavy atom. The van der Waals surface area contributed by atoms with Gasteiger partial charge in [-0.1, -0.05) is 6.58 Å². The van der Waals surface area contributed by atoms with Gasteiger partial charge < -0.3 is 26.0 Å². The molecular formula is C23H27F4N5O2S. The molecule has 1 aromatic rings. The lowest BCUT2D eigenvalue weighted by Gasteiger charge is -2.47. The third-order valence-corrected chi connectivity index (χ3v) is 7.00. The van der Waals surface area contributed by atoms with Crippen molar-refractivity contribution in [1.29, 1.82) is 5.41 Å². The predicted molar refractivity (Wildman–Crippen MR) is 129 cm³/mol. The number of carbonyl (C=O) groups is 1. The van der Waals surface area contributed by atoms with Crippen molar-refractivity contribution in [3.8, 4) is 0 Å². The van der Waals surface area contributed by atoms with Crippen LogP contribution in [0.5, 0.6) is 0 Å². The number of anilines is 1. The number of hydrogen-bond acceptors (Lipinski definition) is 5. The first-order valence-electron chi connectivity index (χ1n) is 10.9. The maximum atomic E-state index is 14.7. The van der Waals surface area contributed by atoms with Crippen LogP contribution in [0.15, 0.2) is 41.7 Å². The Kier molecular flexibility index (Phi) is 7.28. The van der Waals surface area contributed by atoms with Gasteiger partial charge in [-0.2, -0.15) is 13.2 Å². The minimum Gasteiger partial charge on any atom is -0.376 e. The first kappa shape index (κ1) is 26.6. The molecule has 2 fully saturated rings. The largest absolute Gasteiger partial charge is 0.414 e. The summed E-state index contributed by atoms with van der Waals surface area (Å²) in [6.07, 6.45) is -3.37. The topological polar surface area (TPSA) is 91.7 Å². The van der Waals surface area contributed by atoms with Crippen LogP contribution in [0.25, 0.3) is 0 Å². The number of aliphatic hydroxyl groups is 1. The molecule has 2 unspecified atom stereocenters. The molecule has 0 bridgehead atoms. The Morgan fingerprint density at radius 1 is 1.40 bits per heavy atom. The maximum Gasteiger partial charge on any atom is 0.414 e. The summed E-state index contributed by atoms with van der Waals surface area (Å²) < 4.78 is 54.1. The quantitative estimate of drug-likeness (QED) is 0.252. The van der Waals surface area contributed by atoms with Crippen LogP contribution < -0.4 is 15.5 Å². The highest BCUT2D eigenvalue weighted by Crippen LogP contribution is 2.50. The number of halogens is 4. The number of rotatable bonds is 7. The lowest BCUT2D eigenvalue weighted by atomic mass is 9.74. The average Bonchev–Trinajstić information content (AvgIpc) is 3.01. The first-order valence-corrected chi connectivity index (χ1v) is 11.3. The molecule has 1 heterocycles. The molecule has 190 valence electrons. The lowest BCUT2D eigenvalue weighted by molar-refractivity contribution is -0.0921. The number of benzene rings is 1. The van der Waals surface area contributed by atoms with Gasteiger partial charge in [0.2, 0.25) is 0 Å². The van der Waals surface area contributed by atoms with Crippen molar-refractivity contribution in [2.24, 2.45) is 0 Å².